The first kappa shape index (κ1) is 19.4. The second-order valence-corrected chi connectivity index (χ2v) is 6.55. The molecule has 0 bridgehead atoms. The summed E-state index contributed by atoms with van der Waals surface area (Å²) in [6.07, 6.45) is 0.529. The Labute approximate surface area is 140 Å². The van der Waals surface area contributed by atoms with E-state index in [1.807, 2.05) is 0 Å². The van der Waals surface area contributed by atoms with Gasteiger partial charge in [-0.25, -0.2) is 14.2 Å². The molecule has 0 aliphatic rings. The normalized spacial score (nSPS) is 12.0. The molecular formula is C16H22ClFN2O3. The zero-order valence-electron chi connectivity index (χ0n) is 14.0. The number of Topliss-reactive ketones (excluding diaryl/α,β-unsaturated/α-hetero) is 1. The molecule has 0 aliphatic carbocycles. The van der Waals surface area contributed by atoms with Crippen LogP contribution in [-0.4, -0.2) is 28.1 Å². The molecule has 1 rings (SSSR count). The third-order valence-electron chi connectivity index (χ3n) is 3.27. The zero-order chi connectivity index (χ0) is 17.8. The first-order chi connectivity index (χ1) is 10.5. The zero-order valence-corrected chi connectivity index (χ0v) is 14.8. The highest BCUT2D eigenvalue weighted by Crippen LogP contribution is 2.32. The lowest BCUT2D eigenvalue weighted by molar-refractivity contribution is 0.0634. The van der Waals surface area contributed by atoms with Crippen molar-refractivity contribution < 1.29 is 18.7 Å². The minimum absolute atomic E-state index is 0.000561. The molecule has 23 heavy (non-hydrogen) atoms. The number of carbonyl (C=O) groups excluding carboxylic acids is 2. The molecule has 1 aromatic heterocycles. The minimum Gasteiger partial charge on any atom is -0.444 e. The van der Waals surface area contributed by atoms with Crippen LogP contribution < -0.4 is 5.32 Å². The molecule has 1 amide bonds. The number of anilines is 1. The lowest BCUT2D eigenvalue weighted by Crippen LogP contribution is -2.34. The number of alkyl halides is 1. The number of rotatable bonds is 5. The van der Waals surface area contributed by atoms with Crippen molar-refractivity contribution in [3.63, 3.8) is 0 Å². The van der Waals surface area contributed by atoms with Crippen LogP contribution in [0.4, 0.5) is 15.0 Å². The highest BCUT2D eigenvalue weighted by molar-refractivity contribution is 6.35. The highest BCUT2D eigenvalue weighted by atomic mass is 35.5. The molecule has 1 heterocycles. The average Bonchev–Trinajstić information content (AvgIpc) is 2.44. The summed E-state index contributed by atoms with van der Waals surface area (Å²) in [6, 6.07) is 1.38. The van der Waals surface area contributed by atoms with E-state index in [1.165, 1.54) is 12.3 Å². The number of carbonyl (C=O) groups is 2. The van der Waals surface area contributed by atoms with E-state index in [2.05, 4.69) is 10.3 Å². The van der Waals surface area contributed by atoms with Crippen LogP contribution >= 0.6 is 11.6 Å². The van der Waals surface area contributed by atoms with Crippen molar-refractivity contribution in [1.82, 2.24) is 4.98 Å². The smallest absolute Gasteiger partial charge is 0.413 e. The van der Waals surface area contributed by atoms with Gasteiger partial charge in [0.25, 0.3) is 0 Å². The molecule has 0 saturated heterocycles. The molecule has 0 spiro atoms. The number of pyridine rings is 1. The van der Waals surface area contributed by atoms with Crippen molar-refractivity contribution in [1.29, 1.82) is 0 Å². The Balaban J connectivity index is 3.20. The van der Waals surface area contributed by atoms with E-state index in [1.54, 1.807) is 34.6 Å². The number of aromatic nitrogens is 1. The van der Waals surface area contributed by atoms with Crippen LogP contribution in [0.1, 0.15) is 57.8 Å². The second kappa shape index (κ2) is 7.25. The van der Waals surface area contributed by atoms with E-state index in [0.717, 1.165) is 0 Å². The first-order valence-electron chi connectivity index (χ1n) is 7.42. The minimum atomic E-state index is -2.06. The SMILES string of the molecule is CCC(F)(CC)C(=O)c1c(Cl)ccnc1NC(=O)OC(C)(C)C. The van der Waals surface area contributed by atoms with Crippen molar-refractivity contribution in [2.24, 2.45) is 0 Å². The van der Waals surface area contributed by atoms with Gasteiger partial charge in [-0.1, -0.05) is 25.4 Å². The van der Waals surface area contributed by atoms with Crippen LogP contribution in [0.2, 0.25) is 5.02 Å². The first-order valence-corrected chi connectivity index (χ1v) is 7.80. The fraction of sp³-hybridized carbons (Fsp3) is 0.562. The van der Waals surface area contributed by atoms with E-state index in [9.17, 15) is 14.0 Å². The van der Waals surface area contributed by atoms with Crippen molar-refractivity contribution in [2.75, 3.05) is 5.32 Å². The number of nitrogens with one attached hydrogen (secondary N) is 1. The second-order valence-electron chi connectivity index (χ2n) is 6.14. The number of hydrogen-bond acceptors (Lipinski definition) is 4. The lowest BCUT2D eigenvalue weighted by atomic mass is 9.90. The summed E-state index contributed by atoms with van der Waals surface area (Å²) < 4.78 is 19.8. The van der Waals surface area contributed by atoms with Crippen LogP contribution in [0.3, 0.4) is 0 Å². The Hall–Kier alpha value is -1.69. The Bertz CT molecular complexity index is 595. The van der Waals surface area contributed by atoms with E-state index >= 15 is 0 Å². The van der Waals surface area contributed by atoms with Crippen molar-refractivity contribution >= 4 is 29.3 Å². The van der Waals surface area contributed by atoms with Crippen molar-refractivity contribution in [3.8, 4) is 0 Å². The number of halogens is 2. The fourth-order valence-corrected chi connectivity index (χ4v) is 2.18. The lowest BCUT2D eigenvalue weighted by Gasteiger charge is -2.23. The molecule has 7 heteroatoms. The maximum atomic E-state index is 14.7. The van der Waals surface area contributed by atoms with Crippen LogP contribution in [0.15, 0.2) is 12.3 Å². The molecule has 0 unspecified atom stereocenters. The van der Waals surface area contributed by atoms with Gasteiger partial charge in [0.2, 0.25) is 5.78 Å². The maximum Gasteiger partial charge on any atom is 0.413 e. The van der Waals surface area contributed by atoms with Gasteiger partial charge in [-0.05, 0) is 39.7 Å². The van der Waals surface area contributed by atoms with Crippen LogP contribution in [0, 0.1) is 0 Å². The highest BCUT2D eigenvalue weighted by Gasteiger charge is 2.38. The van der Waals surface area contributed by atoms with Crippen molar-refractivity contribution in [2.45, 2.75) is 58.7 Å². The largest absolute Gasteiger partial charge is 0.444 e. The predicted molar refractivity (Wildman–Crippen MR) is 87.9 cm³/mol. The monoisotopic (exact) mass is 344 g/mol. The molecule has 0 aromatic carbocycles. The molecule has 0 saturated carbocycles. The van der Waals surface area contributed by atoms with Crippen LogP contribution in [-0.2, 0) is 4.74 Å². The summed E-state index contributed by atoms with van der Waals surface area (Å²) in [5, 5.41) is 2.39. The summed E-state index contributed by atoms with van der Waals surface area (Å²) >= 11 is 6.04. The van der Waals surface area contributed by atoms with Crippen LogP contribution in [0.25, 0.3) is 0 Å². The van der Waals surface area contributed by atoms with Gasteiger partial charge in [-0.3, -0.25) is 10.1 Å². The molecule has 128 valence electrons. The van der Waals surface area contributed by atoms with E-state index < -0.39 is 23.1 Å². The van der Waals surface area contributed by atoms with E-state index in [-0.39, 0.29) is 29.2 Å². The molecule has 5 nitrogen and oxygen atoms in total. The third kappa shape index (κ3) is 4.89. The summed E-state index contributed by atoms with van der Waals surface area (Å²) in [5.74, 6) is -0.910. The third-order valence-corrected chi connectivity index (χ3v) is 3.59. The van der Waals surface area contributed by atoms with Gasteiger partial charge in [0, 0.05) is 6.20 Å². The van der Waals surface area contributed by atoms with Gasteiger partial charge < -0.3 is 4.74 Å². The summed E-state index contributed by atoms with van der Waals surface area (Å²) in [7, 11) is 0. The van der Waals surface area contributed by atoms with Gasteiger partial charge in [-0.2, -0.15) is 0 Å². The molecule has 0 fully saturated rings. The number of nitrogens with zero attached hydrogens (tertiary/aromatic N) is 1. The molecular weight excluding hydrogens is 323 g/mol. The quantitative estimate of drug-likeness (QED) is 0.779. The Morgan fingerprint density at radius 1 is 1.30 bits per heavy atom. The Morgan fingerprint density at radius 2 is 1.87 bits per heavy atom. The van der Waals surface area contributed by atoms with E-state index in [4.69, 9.17) is 16.3 Å². The Kier molecular flexibility index (Phi) is 6.11. The fourth-order valence-electron chi connectivity index (χ4n) is 1.94. The summed E-state index contributed by atoms with van der Waals surface area (Å²) in [5.41, 5.74) is -2.92. The molecule has 0 aliphatic heterocycles. The number of ketones is 1. The van der Waals surface area contributed by atoms with E-state index in [0.29, 0.717) is 0 Å². The van der Waals surface area contributed by atoms with Gasteiger partial charge in [-0.15, -0.1) is 0 Å². The van der Waals surface area contributed by atoms with Gasteiger partial charge >= 0.3 is 6.09 Å². The van der Waals surface area contributed by atoms with Gasteiger partial charge in [0.15, 0.2) is 5.67 Å². The molecule has 1 N–H and O–H groups in total. The number of amides is 1. The summed E-state index contributed by atoms with van der Waals surface area (Å²) in [4.78, 5) is 28.4. The molecule has 1 aromatic rings. The Morgan fingerprint density at radius 3 is 2.35 bits per heavy atom. The number of ether oxygens (including phenoxy) is 1. The predicted octanol–water partition coefficient (Wildman–Crippen LogP) is 4.79. The summed E-state index contributed by atoms with van der Waals surface area (Å²) in [6.45, 7) is 8.25. The topological polar surface area (TPSA) is 68.3 Å². The maximum absolute atomic E-state index is 14.7. The molecule has 0 atom stereocenters. The molecule has 0 radical (unpaired) electrons. The number of hydrogen-bond donors (Lipinski definition) is 1. The van der Waals surface area contributed by atoms with Gasteiger partial charge in [0.1, 0.15) is 11.4 Å². The van der Waals surface area contributed by atoms with Crippen molar-refractivity contribution in [3.05, 3.63) is 22.8 Å². The standard InChI is InChI=1S/C16H22ClFN2O3/c1-6-16(18,7-2)12(21)11-10(17)8-9-19-13(11)20-14(22)23-15(3,4)5/h8-9H,6-7H2,1-5H3,(H,19,20,22). The van der Waals surface area contributed by atoms with Gasteiger partial charge in [0.05, 0.1) is 10.6 Å². The van der Waals surface area contributed by atoms with Crippen LogP contribution in [0.5, 0.6) is 0 Å². The average molecular weight is 345 g/mol.